The summed E-state index contributed by atoms with van der Waals surface area (Å²) < 4.78 is 3.86. The van der Waals surface area contributed by atoms with Crippen LogP contribution in [-0.4, -0.2) is 5.92 Å². The van der Waals surface area contributed by atoms with E-state index in [0.717, 1.165) is 0 Å². The molecule has 0 nitrogen and oxygen atoms in total. The van der Waals surface area contributed by atoms with Gasteiger partial charge in [-0.1, -0.05) is 0 Å². The Morgan fingerprint density at radius 1 is 0.750 bits per heavy atom. The molecule has 0 heterocycles. The minimum absolute atomic E-state index is 0.323. The van der Waals surface area contributed by atoms with Crippen molar-refractivity contribution in [1.82, 2.24) is 0 Å². The maximum absolute atomic E-state index is 2.62. The molecule has 2 rings (SSSR count). The molecular formula is C22H37SiZr. The van der Waals surface area contributed by atoms with Gasteiger partial charge in [0.25, 0.3) is 0 Å². The second-order valence-corrected chi connectivity index (χ2v) is 29.3. The maximum atomic E-state index is 2.62. The molecule has 133 valence electrons. The second kappa shape index (κ2) is 6.99. The molecule has 0 spiro atoms. The molecule has 0 unspecified atom stereocenters. The van der Waals surface area contributed by atoms with Crippen molar-refractivity contribution in [2.75, 3.05) is 0 Å². The third-order valence-electron chi connectivity index (χ3n) is 5.62. The third kappa shape index (κ3) is 4.24. The second-order valence-electron chi connectivity index (χ2n) is 10.1. The standard InChI is InChI=1S/2C10H15.C2H7Si.Zr/c2*1-8-5-6-9(7-8)10(2,3)4;1-3-2;/h2*7H,6H2,1-4H3;3H,1-2H3;. The van der Waals surface area contributed by atoms with Gasteiger partial charge in [-0.05, 0) is 0 Å². The predicted molar refractivity (Wildman–Crippen MR) is 109 cm³/mol. The summed E-state index contributed by atoms with van der Waals surface area (Å²) in [6, 6.07) is 0. The summed E-state index contributed by atoms with van der Waals surface area (Å²) in [5, 5.41) is 0. The summed E-state index contributed by atoms with van der Waals surface area (Å²) in [6.45, 7) is 24.3. The molecule has 0 amide bonds. The number of allylic oxidation sites excluding steroid dienone is 8. The van der Waals surface area contributed by atoms with Gasteiger partial charge in [0.1, 0.15) is 0 Å². The zero-order valence-corrected chi connectivity index (χ0v) is 21.3. The van der Waals surface area contributed by atoms with Gasteiger partial charge >= 0.3 is 160 Å². The Morgan fingerprint density at radius 3 is 1.29 bits per heavy atom. The molecule has 0 saturated carbocycles. The van der Waals surface area contributed by atoms with Crippen LogP contribution in [0.3, 0.4) is 0 Å². The van der Waals surface area contributed by atoms with Crippen molar-refractivity contribution in [2.45, 2.75) is 81.3 Å². The minimum atomic E-state index is -1.66. The van der Waals surface area contributed by atoms with Gasteiger partial charge in [0.05, 0.1) is 0 Å². The normalized spacial score (nSPS) is 19.5. The molecule has 0 radical (unpaired) electrons. The molecule has 0 aliphatic heterocycles. The fourth-order valence-corrected chi connectivity index (χ4v) is 24.7. The van der Waals surface area contributed by atoms with E-state index in [4.69, 9.17) is 0 Å². The van der Waals surface area contributed by atoms with Gasteiger partial charge < -0.3 is 0 Å². The van der Waals surface area contributed by atoms with E-state index >= 15 is 0 Å². The zero-order chi connectivity index (χ0) is 18.4. The first kappa shape index (κ1) is 20.4. The molecule has 0 aromatic carbocycles. The Labute approximate surface area is 159 Å². The molecule has 0 atom stereocenters. The van der Waals surface area contributed by atoms with E-state index in [9.17, 15) is 0 Å². The van der Waals surface area contributed by atoms with E-state index in [-0.39, 0.29) is 0 Å². The zero-order valence-electron chi connectivity index (χ0n) is 17.6. The van der Waals surface area contributed by atoms with Crippen LogP contribution in [0.5, 0.6) is 0 Å². The molecule has 24 heavy (non-hydrogen) atoms. The van der Waals surface area contributed by atoms with Gasteiger partial charge in [0.15, 0.2) is 0 Å². The van der Waals surface area contributed by atoms with Crippen LogP contribution < -0.4 is 0 Å². The molecule has 0 aromatic heterocycles. The van der Waals surface area contributed by atoms with Crippen molar-refractivity contribution in [2.24, 2.45) is 10.8 Å². The fourth-order valence-electron chi connectivity index (χ4n) is 3.92. The van der Waals surface area contributed by atoms with Gasteiger partial charge in [-0.25, -0.2) is 0 Å². The molecule has 2 heteroatoms. The Bertz CT molecular complexity index is 588. The molecule has 2 aliphatic carbocycles. The Kier molecular flexibility index (Phi) is 5.94. The van der Waals surface area contributed by atoms with E-state index in [1.165, 1.54) is 12.8 Å². The van der Waals surface area contributed by atoms with Gasteiger partial charge in [-0.15, -0.1) is 0 Å². The SMILES string of the molecule is CC1=[C]([Zr]([C]2=C(C)C=C(C(C)(C)C)C2)[SiH](C)C)CC(C(C)(C)C)=C1. The summed E-state index contributed by atoms with van der Waals surface area (Å²) in [7, 11) is 0. The van der Waals surface area contributed by atoms with Crippen LogP contribution in [0.4, 0.5) is 0 Å². The fraction of sp³-hybridized carbons (Fsp3) is 0.636. The van der Waals surface area contributed by atoms with Crippen molar-refractivity contribution < 1.29 is 20.9 Å². The van der Waals surface area contributed by atoms with Gasteiger partial charge in [0.2, 0.25) is 0 Å². The molecular weight excluding hydrogens is 384 g/mol. The Balaban J connectivity index is 2.32. The molecule has 2 aliphatic rings. The van der Waals surface area contributed by atoms with Crippen molar-refractivity contribution in [3.63, 3.8) is 0 Å². The first-order valence-electron chi connectivity index (χ1n) is 9.51. The third-order valence-corrected chi connectivity index (χ3v) is 25.4. The van der Waals surface area contributed by atoms with E-state index < -0.39 is 26.8 Å². The molecule has 0 bridgehead atoms. The first-order chi connectivity index (χ1) is 10.8. The van der Waals surface area contributed by atoms with E-state index in [1.807, 2.05) is 6.56 Å². The first-order valence-corrected chi connectivity index (χ1v) is 19.1. The van der Waals surface area contributed by atoms with Crippen molar-refractivity contribution in [3.8, 4) is 0 Å². The van der Waals surface area contributed by atoms with Crippen LogP contribution >= 0.6 is 0 Å². The summed E-state index contributed by atoms with van der Waals surface area (Å²) >= 11 is -1.66. The van der Waals surface area contributed by atoms with E-state index in [1.54, 1.807) is 22.3 Å². The Hall–Kier alpha value is 0.0600. The molecule has 0 fully saturated rings. The topological polar surface area (TPSA) is 0 Å². The predicted octanol–water partition coefficient (Wildman–Crippen LogP) is 6.89. The van der Waals surface area contributed by atoms with E-state index in [0.29, 0.717) is 10.8 Å². The van der Waals surface area contributed by atoms with Crippen LogP contribution in [-0.2, 0) is 20.9 Å². The van der Waals surface area contributed by atoms with Crippen molar-refractivity contribution in [3.05, 3.63) is 41.0 Å². The number of rotatable bonds is 3. The van der Waals surface area contributed by atoms with Gasteiger partial charge in [-0.3, -0.25) is 0 Å². The van der Waals surface area contributed by atoms with Crippen LogP contribution in [0.15, 0.2) is 41.0 Å². The summed E-state index contributed by atoms with van der Waals surface area (Å²) in [5.74, 6) is -0.617. The number of hydrogen-bond acceptors (Lipinski definition) is 0. The monoisotopic (exact) mass is 419 g/mol. The van der Waals surface area contributed by atoms with Crippen LogP contribution in [0.25, 0.3) is 0 Å². The average molecular weight is 421 g/mol. The molecule has 0 N–H and O–H groups in total. The van der Waals surface area contributed by atoms with Crippen LogP contribution in [0.2, 0.25) is 13.1 Å². The molecule has 0 aromatic rings. The van der Waals surface area contributed by atoms with Gasteiger partial charge in [-0.2, -0.15) is 0 Å². The van der Waals surface area contributed by atoms with Crippen LogP contribution in [0, 0.1) is 10.8 Å². The Morgan fingerprint density at radius 2 is 1.08 bits per heavy atom. The number of hydrogen-bond donors (Lipinski definition) is 0. The van der Waals surface area contributed by atoms with Crippen molar-refractivity contribution in [1.29, 1.82) is 0 Å². The quantitative estimate of drug-likeness (QED) is 0.436. The summed E-state index contributed by atoms with van der Waals surface area (Å²) in [5.41, 5.74) is 7.26. The van der Waals surface area contributed by atoms with Crippen molar-refractivity contribution >= 4 is 5.92 Å². The van der Waals surface area contributed by atoms with Gasteiger partial charge in [0, 0.05) is 0 Å². The summed E-state index contributed by atoms with van der Waals surface area (Å²) in [6.07, 6.45) is 7.65. The molecule has 0 saturated heterocycles. The van der Waals surface area contributed by atoms with E-state index in [2.05, 4.69) is 80.6 Å². The van der Waals surface area contributed by atoms with Crippen LogP contribution in [0.1, 0.15) is 68.2 Å². The summed E-state index contributed by atoms with van der Waals surface area (Å²) in [4.78, 5) is 0. The average Bonchev–Trinajstić information content (AvgIpc) is 2.94.